The molecule has 4 rings (SSSR count). The van der Waals surface area contributed by atoms with Crippen LogP contribution in [0.4, 0.5) is 0 Å². The van der Waals surface area contributed by atoms with Crippen LogP contribution in [0, 0.1) is 40.4 Å². The predicted molar refractivity (Wildman–Crippen MR) is 122 cm³/mol. The summed E-state index contributed by atoms with van der Waals surface area (Å²) in [6, 6.07) is 0. The Balaban J connectivity index is 1.62. The highest BCUT2D eigenvalue weighted by Gasteiger charge is 2.66. The Morgan fingerprint density at radius 1 is 1.03 bits per heavy atom. The number of aliphatic hydroxyl groups excluding tert-OH is 2. The van der Waals surface area contributed by atoms with Gasteiger partial charge in [-0.3, -0.25) is 4.79 Å². The van der Waals surface area contributed by atoms with E-state index in [-0.39, 0.29) is 28.4 Å². The van der Waals surface area contributed by atoms with Crippen molar-refractivity contribution >= 4 is 5.78 Å². The highest BCUT2D eigenvalue weighted by molar-refractivity contribution is 5.95. The van der Waals surface area contributed by atoms with Crippen LogP contribution in [0.1, 0.15) is 92.4 Å². The molecule has 0 bridgehead atoms. The van der Waals surface area contributed by atoms with E-state index in [0.29, 0.717) is 24.7 Å². The molecule has 0 amide bonds. The van der Waals surface area contributed by atoms with Crippen molar-refractivity contribution in [1.82, 2.24) is 0 Å². The number of carbonyl (C=O) groups is 1. The fourth-order valence-electron chi connectivity index (χ4n) is 8.37. The molecule has 9 atom stereocenters. The van der Waals surface area contributed by atoms with Gasteiger partial charge in [-0.2, -0.15) is 0 Å². The third kappa shape index (κ3) is 3.47. The molecule has 0 aromatic carbocycles. The Labute approximate surface area is 188 Å². The number of hydrogen-bond donors (Lipinski definition) is 3. The van der Waals surface area contributed by atoms with E-state index in [9.17, 15) is 20.1 Å². The van der Waals surface area contributed by atoms with E-state index in [1.54, 1.807) is 6.08 Å². The molecule has 4 aliphatic rings. The van der Waals surface area contributed by atoms with Crippen LogP contribution in [-0.2, 0) is 4.79 Å². The molecule has 0 heterocycles. The maximum absolute atomic E-state index is 13.2. The Hall–Kier alpha value is -0.710. The first-order valence-corrected chi connectivity index (χ1v) is 12.8. The Bertz CT molecular complexity index is 744. The summed E-state index contributed by atoms with van der Waals surface area (Å²) < 4.78 is 0. The third-order valence-corrected chi connectivity index (χ3v) is 10.3. The zero-order chi connectivity index (χ0) is 22.8. The van der Waals surface area contributed by atoms with Gasteiger partial charge in [0.1, 0.15) is 0 Å². The minimum Gasteiger partial charge on any atom is -0.390 e. The smallest absolute Gasteiger partial charge is 0.159 e. The molecule has 0 saturated heterocycles. The second kappa shape index (κ2) is 7.95. The molecule has 3 N–H and O–H groups in total. The lowest BCUT2D eigenvalue weighted by Gasteiger charge is -2.60. The average molecular weight is 433 g/mol. The monoisotopic (exact) mass is 432 g/mol. The van der Waals surface area contributed by atoms with Crippen molar-refractivity contribution in [3.8, 4) is 0 Å². The first kappa shape index (κ1) is 23.4. The van der Waals surface area contributed by atoms with Gasteiger partial charge in [0, 0.05) is 11.3 Å². The topological polar surface area (TPSA) is 77.8 Å². The zero-order valence-electron chi connectivity index (χ0n) is 20.2. The van der Waals surface area contributed by atoms with Crippen LogP contribution in [0.3, 0.4) is 0 Å². The molecule has 176 valence electrons. The van der Waals surface area contributed by atoms with Crippen LogP contribution < -0.4 is 0 Å². The Kier molecular flexibility index (Phi) is 6.02. The fraction of sp³-hybridized carbons (Fsp3) is 0.889. The maximum Gasteiger partial charge on any atom is 0.159 e. The molecule has 3 fully saturated rings. The van der Waals surface area contributed by atoms with Gasteiger partial charge in [0.25, 0.3) is 0 Å². The predicted octanol–water partition coefficient (Wildman–Crippen LogP) is 4.65. The summed E-state index contributed by atoms with van der Waals surface area (Å²) in [5.41, 5.74) is -0.538. The number of carbonyl (C=O) groups excluding carboxylic acids is 1. The highest BCUT2D eigenvalue weighted by Crippen LogP contribution is 2.68. The highest BCUT2D eigenvalue weighted by atomic mass is 16.3. The van der Waals surface area contributed by atoms with Crippen LogP contribution in [0.25, 0.3) is 0 Å². The summed E-state index contributed by atoms with van der Waals surface area (Å²) in [6.07, 6.45) is 8.34. The molecule has 3 saturated carbocycles. The van der Waals surface area contributed by atoms with Gasteiger partial charge in [-0.15, -0.1) is 0 Å². The number of ketones is 1. The summed E-state index contributed by atoms with van der Waals surface area (Å²) in [5, 5.41) is 32.9. The SMILES string of the molecule is CC(C)CCCC(C)[C@H]1CC[C@@]2(O)C3=CC(=O)[C@@H]4C[C@@H](O)[C@@H](O)C[C@]4(C)C3CC[C@]12C. The van der Waals surface area contributed by atoms with Gasteiger partial charge in [0.05, 0.1) is 17.8 Å². The van der Waals surface area contributed by atoms with Crippen LogP contribution in [0.15, 0.2) is 11.6 Å². The van der Waals surface area contributed by atoms with E-state index in [1.165, 1.54) is 19.3 Å². The Morgan fingerprint density at radius 3 is 2.42 bits per heavy atom. The quantitative estimate of drug-likeness (QED) is 0.591. The van der Waals surface area contributed by atoms with Crippen molar-refractivity contribution in [3.05, 3.63) is 11.6 Å². The van der Waals surface area contributed by atoms with Crippen molar-refractivity contribution in [3.63, 3.8) is 0 Å². The molecule has 0 spiro atoms. The second-order valence-corrected chi connectivity index (χ2v) is 12.5. The standard InChI is InChI=1S/C27H44O4/c1-16(2)7-6-8-17(3)18-10-12-27(31)20-13-22(28)21-14-23(29)24(30)15-25(21,4)19(20)9-11-26(18,27)5/h13,16-19,21,23-24,29-31H,6-12,14-15H2,1-5H3/t17?,18-,19?,21+,23-,24+,25-,26-,27-/m1/s1. The molecular formula is C27H44O4. The lowest BCUT2D eigenvalue weighted by atomic mass is 9.46. The van der Waals surface area contributed by atoms with E-state index in [2.05, 4.69) is 34.6 Å². The van der Waals surface area contributed by atoms with E-state index < -0.39 is 17.8 Å². The van der Waals surface area contributed by atoms with Gasteiger partial charge in [0.2, 0.25) is 0 Å². The second-order valence-electron chi connectivity index (χ2n) is 12.5. The molecule has 0 aromatic rings. The summed E-state index contributed by atoms with van der Waals surface area (Å²) in [6.45, 7) is 11.3. The van der Waals surface area contributed by atoms with Crippen molar-refractivity contribution < 1.29 is 20.1 Å². The van der Waals surface area contributed by atoms with Gasteiger partial charge in [-0.25, -0.2) is 0 Å². The number of hydrogen-bond acceptors (Lipinski definition) is 4. The lowest BCUT2D eigenvalue weighted by Crippen LogP contribution is -2.60. The van der Waals surface area contributed by atoms with Gasteiger partial charge < -0.3 is 15.3 Å². The number of rotatable bonds is 5. The maximum atomic E-state index is 13.2. The minimum atomic E-state index is -0.919. The van der Waals surface area contributed by atoms with Crippen molar-refractivity contribution in [2.75, 3.05) is 0 Å². The van der Waals surface area contributed by atoms with Crippen LogP contribution in [0.2, 0.25) is 0 Å². The van der Waals surface area contributed by atoms with Gasteiger partial charge >= 0.3 is 0 Å². The normalized spacial score (nSPS) is 48.1. The summed E-state index contributed by atoms with van der Waals surface area (Å²) in [5.74, 6) is 1.70. The first-order chi connectivity index (χ1) is 14.4. The summed E-state index contributed by atoms with van der Waals surface area (Å²) in [7, 11) is 0. The van der Waals surface area contributed by atoms with Crippen molar-refractivity contribution in [2.24, 2.45) is 40.4 Å². The van der Waals surface area contributed by atoms with Crippen molar-refractivity contribution in [1.29, 1.82) is 0 Å². The molecule has 0 radical (unpaired) electrons. The largest absolute Gasteiger partial charge is 0.390 e. The summed E-state index contributed by atoms with van der Waals surface area (Å²) in [4.78, 5) is 13.2. The molecule has 0 aromatic heterocycles. The first-order valence-electron chi connectivity index (χ1n) is 12.8. The van der Waals surface area contributed by atoms with Gasteiger partial charge in [-0.05, 0) is 79.3 Å². The number of fused-ring (bicyclic) bond motifs is 5. The molecule has 2 unspecified atom stereocenters. The lowest BCUT2D eigenvalue weighted by molar-refractivity contribution is -0.153. The van der Waals surface area contributed by atoms with E-state index >= 15 is 0 Å². The number of aliphatic hydroxyl groups is 3. The Morgan fingerprint density at radius 2 is 1.74 bits per heavy atom. The minimum absolute atomic E-state index is 0.0470. The third-order valence-electron chi connectivity index (χ3n) is 10.3. The summed E-state index contributed by atoms with van der Waals surface area (Å²) >= 11 is 0. The average Bonchev–Trinajstić information content (AvgIpc) is 2.96. The molecule has 0 aliphatic heterocycles. The van der Waals surface area contributed by atoms with Crippen LogP contribution >= 0.6 is 0 Å². The van der Waals surface area contributed by atoms with Crippen LogP contribution in [0.5, 0.6) is 0 Å². The van der Waals surface area contributed by atoms with E-state index in [1.807, 2.05) is 0 Å². The van der Waals surface area contributed by atoms with E-state index in [4.69, 9.17) is 0 Å². The van der Waals surface area contributed by atoms with Gasteiger partial charge in [-0.1, -0.05) is 53.9 Å². The molecule has 31 heavy (non-hydrogen) atoms. The molecule has 4 aliphatic carbocycles. The zero-order valence-corrected chi connectivity index (χ0v) is 20.2. The fourth-order valence-corrected chi connectivity index (χ4v) is 8.37. The van der Waals surface area contributed by atoms with Gasteiger partial charge in [0.15, 0.2) is 5.78 Å². The van der Waals surface area contributed by atoms with Crippen molar-refractivity contribution in [2.45, 2.75) is 110 Å². The molecule has 4 nitrogen and oxygen atoms in total. The number of allylic oxidation sites excluding steroid dienone is 1. The van der Waals surface area contributed by atoms with E-state index in [0.717, 1.165) is 37.2 Å². The molecular weight excluding hydrogens is 388 g/mol. The molecule has 4 heteroatoms. The van der Waals surface area contributed by atoms with Crippen LogP contribution in [-0.4, -0.2) is 38.9 Å².